The third-order valence-electron chi connectivity index (χ3n) is 4.93. The number of anilines is 1. The summed E-state index contributed by atoms with van der Waals surface area (Å²) in [6.07, 6.45) is 4.20. The molecule has 0 fully saturated rings. The van der Waals surface area contributed by atoms with E-state index in [0.717, 1.165) is 17.7 Å². The molecule has 1 amide bonds. The predicted molar refractivity (Wildman–Crippen MR) is 105 cm³/mol. The van der Waals surface area contributed by atoms with Gasteiger partial charge in [0.05, 0.1) is 23.6 Å². The number of hydrogen-bond donors (Lipinski definition) is 1. The highest BCUT2D eigenvalue weighted by atomic mass is 35.5. The molecular weight excluding hydrogens is 381 g/mol. The summed E-state index contributed by atoms with van der Waals surface area (Å²) >= 11 is 6.40. The van der Waals surface area contributed by atoms with Gasteiger partial charge in [0.15, 0.2) is 0 Å². The normalized spacial score (nSPS) is 16.3. The Morgan fingerprint density at radius 3 is 2.79 bits per heavy atom. The number of fused-ring (bicyclic) bond motifs is 1. The Labute approximate surface area is 167 Å². The first-order chi connectivity index (χ1) is 13.4. The summed E-state index contributed by atoms with van der Waals surface area (Å²) in [5.74, 6) is -0.250. The second kappa shape index (κ2) is 7.05. The molecular formula is C20H21ClFN5O. The third-order valence-corrected chi connectivity index (χ3v) is 5.25. The van der Waals surface area contributed by atoms with Crippen LogP contribution in [0.5, 0.6) is 0 Å². The van der Waals surface area contributed by atoms with E-state index < -0.39 is 11.9 Å². The summed E-state index contributed by atoms with van der Waals surface area (Å²) in [5.41, 5.74) is 3.40. The second-order valence-electron chi connectivity index (χ2n) is 7.35. The summed E-state index contributed by atoms with van der Waals surface area (Å²) in [6, 6.07) is 3.78. The van der Waals surface area contributed by atoms with E-state index in [-0.39, 0.29) is 10.9 Å². The van der Waals surface area contributed by atoms with Gasteiger partial charge in [0.1, 0.15) is 11.5 Å². The molecule has 1 aliphatic heterocycles. The number of aryl methyl sites for hydroxylation is 1. The Kier molecular flexibility index (Phi) is 4.71. The van der Waals surface area contributed by atoms with Gasteiger partial charge in [-0.1, -0.05) is 31.5 Å². The zero-order chi connectivity index (χ0) is 20.0. The zero-order valence-corrected chi connectivity index (χ0v) is 16.7. The lowest BCUT2D eigenvalue weighted by Gasteiger charge is -2.26. The van der Waals surface area contributed by atoms with Crippen LogP contribution in [0.1, 0.15) is 54.1 Å². The van der Waals surface area contributed by atoms with Crippen molar-refractivity contribution in [2.24, 2.45) is 5.92 Å². The Morgan fingerprint density at radius 1 is 1.36 bits per heavy atom. The molecule has 2 aromatic heterocycles. The quantitative estimate of drug-likeness (QED) is 0.690. The third kappa shape index (κ3) is 2.99. The maximum absolute atomic E-state index is 13.7. The molecule has 0 spiro atoms. The van der Waals surface area contributed by atoms with E-state index >= 15 is 0 Å². The fourth-order valence-electron chi connectivity index (χ4n) is 3.69. The lowest BCUT2D eigenvalue weighted by atomic mass is 9.95. The van der Waals surface area contributed by atoms with Gasteiger partial charge >= 0.3 is 0 Å². The van der Waals surface area contributed by atoms with E-state index in [2.05, 4.69) is 29.1 Å². The van der Waals surface area contributed by atoms with E-state index in [9.17, 15) is 9.18 Å². The van der Waals surface area contributed by atoms with Gasteiger partial charge in [-0.25, -0.2) is 4.39 Å². The fourth-order valence-corrected chi connectivity index (χ4v) is 3.96. The number of aromatic nitrogens is 4. The van der Waals surface area contributed by atoms with Crippen molar-refractivity contribution in [3.63, 3.8) is 0 Å². The number of aromatic amines is 1. The molecule has 28 heavy (non-hydrogen) atoms. The van der Waals surface area contributed by atoms with Gasteiger partial charge in [0, 0.05) is 23.3 Å². The lowest BCUT2D eigenvalue weighted by Crippen LogP contribution is -2.29. The molecule has 1 aliphatic rings. The van der Waals surface area contributed by atoms with Crippen LogP contribution in [0.4, 0.5) is 10.1 Å². The Morgan fingerprint density at radius 2 is 2.14 bits per heavy atom. The van der Waals surface area contributed by atoms with Crippen LogP contribution in [0.15, 0.2) is 30.6 Å². The molecule has 8 heteroatoms. The lowest BCUT2D eigenvalue weighted by molar-refractivity contribution is 0.0988. The number of benzene rings is 1. The second-order valence-corrected chi connectivity index (χ2v) is 7.76. The van der Waals surface area contributed by atoms with Crippen LogP contribution in [0.25, 0.3) is 0 Å². The standard InChI is InChI=1S/C20H21ClFN5O/c1-4-26-10-13(9-23-26)27-19(14-6-5-12(22)8-15(14)21)17-16(7-11(2)3)24-25-18(17)20(27)28/h5-6,8-11,19H,4,7H2,1-3H3,(H,24,25). The number of H-pyrrole nitrogens is 1. The van der Waals surface area contributed by atoms with Crippen LogP contribution in [0, 0.1) is 11.7 Å². The molecule has 1 aromatic carbocycles. The molecule has 3 heterocycles. The highest BCUT2D eigenvalue weighted by Gasteiger charge is 2.44. The molecule has 1 unspecified atom stereocenters. The van der Waals surface area contributed by atoms with Crippen LogP contribution >= 0.6 is 11.6 Å². The Balaban J connectivity index is 1.90. The summed E-state index contributed by atoms with van der Waals surface area (Å²) in [7, 11) is 0. The van der Waals surface area contributed by atoms with Crippen LogP contribution in [0.2, 0.25) is 5.02 Å². The molecule has 1 N–H and O–H groups in total. The average molecular weight is 402 g/mol. The van der Waals surface area contributed by atoms with E-state index in [1.54, 1.807) is 21.8 Å². The van der Waals surface area contributed by atoms with E-state index in [4.69, 9.17) is 11.6 Å². The molecule has 3 aromatic rings. The minimum atomic E-state index is -0.488. The smallest absolute Gasteiger partial charge is 0.277 e. The molecule has 4 rings (SSSR count). The molecule has 6 nitrogen and oxygen atoms in total. The van der Waals surface area contributed by atoms with Gasteiger partial charge in [0.2, 0.25) is 0 Å². The van der Waals surface area contributed by atoms with Gasteiger partial charge in [0.25, 0.3) is 5.91 Å². The molecule has 0 saturated heterocycles. The number of amides is 1. The summed E-state index contributed by atoms with van der Waals surface area (Å²) in [5, 5.41) is 11.9. The monoisotopic (exact) mass is 401 g/mol. The van der Waals surface area contributed by atoms with E-state index in [0.29, 0.717) is 29.4 Å². The number of carbonyl (C=O) groups excluding carboxylic acids is 1. The largest absolute Gasteiger partial charge is 0.292 e. The van der Waals surface area contributed by atoms with Crippen molar-refractivity contribution in [1.29, 1.82) is 0 Å². The summed E-state index contributed by atoms with van der Waals surface area (Å²) in [4.78, 5) is 14.9. The van der Waals surface area contributed by atoms with Gasteiger partial charge in [-0.05, 0) is 37.0 Å². The van der Waals surface area contributed by atoms with Crippen molar-refractivity contribution in [1.82, 2.24) is 20.0 Å². The molecule has 0 aliphatic carbocycles. The molecule has 1 atom stereocenters. The van der Waals surface area contributed by atoms with Crippen LogP contribution in [-0.4, -0.2) is 25.9 Å². The van der Waals surface area contributed by atoms with Crippen molar-refractivity contribution in [3.05, 3.63) is 63.9 Å². The van der Waals surface area contributed by atoms with E-state index in [1.807, 2.05) is 13.1 Å². The van der Waals surface area contributed by atoms with Crippen molar-refractivity contribution >= 4 is 23.2 Å². The number of hydrogen-bond acceptors (Lipinski definition) is 3. The number of halogens is 2. The number of nitrogens with zero attached hydrogens (tertiary/aromatic N) is 4. The van der Waals surface area contributed by atoms with Crippen LogP contribution in [0.3, 0.4) is 0 Å². The Hall–Kier alpha value is -2.67. The minimum Gasteiger partial charge on any atom is -0.292 e. The molecule has 146 valence electrons. The van der Waals surface area contributed by atoms with Crippen molar-refractivity contribution < 1.29 is 9.18 Å². The number of rotatable bonds is 5. The van der Waals surface area contributed by atoms with Gasteiger partial charge in [-0.3, -0.25) is 19.5 Å². The van der Waals surface area contributed by atoms with Crippen molar-refractivity contribution in [3.8, 4) is 0 Å². The van der Waals surface area contributed by atoms with Crippen molar-refractivity contribution in [2.75, 3.05) is 4.90 Å². The first kappa shape index (κ1) is 18.7. The first-order valence-electron chi connectivity index (χ1n) is 9.28. The van der Waals surface area contributed by atoms with Gasteiger partial charge < -0.3 is 0 Å². The highest BCUT2D eigenvalue weighted by Crippen LogP contribution is 2.44. The minimum absolute atomic E-state index is 0.196. The zero-order valence-electron chi connectivity index (χ0n) is 15.9. The topological polar surface area (TPSA) is 66.8 Å². The average Bonchev–Trinajstić information content (AvgIpc) is 3.32. The maximum Gasteiger partial charge on any atom is 0.277 e. The highest BCUT2D eigenvalue weighted by molar-refractivity contribution is 6.31. The van der Waals surface area contributed by atoms with E-state index in [1.165, 1.54) is 12.1 Å². The van der Waals surface area contributed by atoms with Crippen LogP contribution < -0.4 is 4.90 Å². The predicted octanol–water partition coefficient (Wildman–Crippen LogP) is 4.37. The molecule has 0 radical (unpaired) electrons. The number of nitrogens with one attached hydrogen (secondary N) is 1. The summed E-state index contributed by atoms with van der Waals surface area (Å²) < 4.78 is 15.4. The van der Waals surface area contributed by atoms with Crippen LogP contribution in [-0.2, 0) is 13.0 Å². The number of carbonyl (C=O) groups is 1. The first-order valence-corrected chi connectivity index (χ1v) is 9.66. The summed E-state index contributed by atoms with van der Waals surface area (Å²) in [6.45, 7) is 6.86. The van der Waals surface area contributed by atoms with Gasteiger partial charge in [-0.2, -0.15) is 10.2 Å². The van der Waals surface area contributed by atoms with Gasteiger partial charge in [-0.15, -0.1) is 0 Å². The SMILES string of the molecule is CCn1cc(N2C(=O)c3[nH]nc(CC(C)C)c3C2c2ccc(F)cc2Cl)cn1. The molecule has 0 bridgehead atoms. The van der Waals surface area contributed by atoms with Crippen molar-refractivity contribution in [2.45, 2.75) is 39.8 Å². The molecule has 0 saturated carbocycles. The Bertz CT molecular complexity index is 1040. The fraction of sp³-hybridized carbons (Fsp3) is 0.350. The maximum atomic E-state index is 13.7.